The van der Waals surface area contributed by atoms with Crippen molar-refractivity contribution in [3.05, 3.63) is 27.7 Å². The number of halogens is 4. The summed E-state index contributed by atoms with van der Waals surface area (Å²) in [7, 11) is 0. The van der Waals surface area contributed by atoms with Crippen molar-refractivity contribution in [3.63, 3.8) is 0 Å². The van der Waals surface area contributed by atoms with Crippen molar-refractivity contribution in [2.24, 2.45) is 0 Å². The molecule has 0 aliphatic rings. The molecule has 0 spiro atoms. The predicted octanol–water partition coefficient (Wildman–Crippen LogP) is 1.85. The topological polar surface area (TPSA) is 68.4 Å². The summed E-state index contributed by atoms with van der Waals surface area (Å²) in [6.45, 7) is 0.421. The van der Waals surface area contributed by atoms with Crippen molar-refractivity contribution in [2.75, 3.05) is 6.61 Å². The minimum absolute atomic E-state index is 0.0152. The number of carbonyl (C=O) groups is 1. The first-order chi connectivity index (χ1) is 9.26. The van der Waals surface area contributed by atoms with Gasteiger partial charge in [0, 0.05) is 6.07 Å². The van der Waals surface area contributed by atoms with Crippen molar-refractivity contribution in [1.82, 2.24) is 4.98 Å². The van der Waals surface area contributed by atoms with Crippen molar-refractivity contribution >= 4 is 5.97 Å². The molecule has 0 aromatic carbocycles. The Morgan fingerprint density at radius 2 is 2.05 bits per heavy atom. The number of rotatable bonds is 5. The number of carbonyl (C=O) groups excluding carboxylic acids is 1. The van der Waals surface area contributed by atoms with Crippen LogP contribution in [0.25, 0.3) is 0 Å². The molecule has 1 rings (SSSR count). The van der Waals surface area contributed by atoms with E-state index in [0.717, 1.165) is 0 Å². The molecule has 112 valence electrons. The molecule has 0 radical (unpaired) electrons. The summed E-state index contributed by atoms with van der Waals surface area (Å²) in [5.74, 6) is -1.96. The summed E-state index contributed by atoms with van der Waals surface area (Å²) < 4.78 is 57.2. The van der Waals surface area contributed by atoms with E-state index in [9.17, 15) is 27.2 Å². The molecule has 1 aromatic heterocycles. The zero-order valence-corrected chi connectivity index (χ0v) is 10.3. The van der Waals surface area contributed by atoms with Gasteiger partial charge in [-0.25, -0.2) is 4.39 Å². The number of nitrogens with one attached hydrogen (secondary N) is 1. The van der Waals surface area contributed by atoms with Gasteiger partial charge in [-0.05, 0) is 6.92 Å². The normalized spacial score (nSPS) is 11.2. The molecule has 0 fully saturated rings. The Kier molecular flexibility index (Phi) is 5.12. The van der Waals surface area contributed by atoms with E-state index >= 15 is 0 Å². The van der Waals surface area contributed by atoms with Gasteiger partial charge in [0.1, 0.15) is 6.67 Å². The molecule has 0 aliphatic carbocycles. The summed E-state index contributed by atoms with van der Waals surface area (Å²) >= 11 is 0. The lowest BCUT2D eigenvalue weighted by Gasteiger charge is -2.13. The van der Waals surface area contributed by atoms with E-state index in [-0.39, 0.29) is 12.3 Å². The fraction of sp³-hybridized carbons (Fsp3) is 0.455. The van der Waals surface area contributed by atoms with Gasteiger partial charge >= 0.3 is 12.3 Å². The zero-order valence-electron chi connectivity index (χ0n) is 10.3. The third-order valence-electron chi connectivity index (χ3n) is 2.10. The first-order valence-electron chi connectivity index (χ1n) is 5.49. The smallest absolute Gasteiger partial charge is 0.466 e. The first-order valence-corrected chi connectivity index (χ1v) is 5.49. The van der Waals surface area contributed by atoms with Gasteiger partial charge in [-0.3, -0.25) is 9.59 Å². The summed E-state index contributed by atoms with van der Waals surface area (Å²) in [5.41, 5.74) is -1.92. The van der Waals surface area contributed by atoms with Gasteiger partial charge in [0.15, 0.2) is 5.75 Å². The molecule has 5 nitrogen and oxygen atoms in total. The Bertz CT molecular complexity index is 538. The standard InChI is InChI=1S/C11H11F4NO4/c1-2-19-9(18)4-7-10(20-11(13,14)15)8(17)3-6(5-12)16-7/h3H,2,4-5H2,1H3,(H,16,17). The molecule has 0 saturated heterocycles. The molecule has 20 heavy (non-hydrogen) atoms. The minimum atomic E-state index is -5.10. The average Bonchev–Trinajstić information content (AvgIpc) is 2.32. The van der Waals surface area contributed by atoms with Crippen LogP contribution in [-0.4, -0.2) is 23.9 Å². The largest absolute Gasteiger partial charge is 0.573 e. The van der Waals surface area contributed by atoms with Crippen molar-refractivity contribution < 1.29 is 31.8 Å². The number of pyridine rings is 1. The number of ether oxygens (including phenoxy) is 2. The highest BCUT2D eigenvalue weighted by atomic mass is 19.4. The summed E-state index contributed by atoms with van der Waals surface area (Å²) in [6.07, 6.45) is -5.77. The van der Waals surface area contributed by atoms with Gasteiger partial charge < -0.3 is 14.5 Å². The molecule has 0 atom stereocenters. The van der Waals surface area contributed by atoms with Gasteiger partial charge in [-0.2, -0.15) is 0 Å². The highest BCUT2D eigenvalue weighted by molar-refractivity contribution is 5.72. The number of aromatic amines is 1. The SMILES string of the molecule is CCOC(=O)Cc1[nH]c(CF)cc(=O)c1OC(F)(F)F. The van der Waals surface area contributed by atoms with E-state index in [0.29, 0.717) is 6.07 Å². The Labute approximate surface area is 110 Å². The van der Waals surface area contributed by atoms with E-state index in [1.165, 1.54) is 6.92 Å². The van der Waals surface area contributed by atoms with E-state index in [2.05, 4.69) is 14.5 Å². The fourth-order valence-electron chi connectivity index (χ4n) is 1.44. The van der Waals surface area contributed by atoms with Gasteiger partial charge in [-0.15, -0.1) is 13.2 Å². The van der Waals surface area contributed by atoms with Crippen molar-refractivity contribution in [2.45, 2.75) is 26.4 Å². The summed E-state index contributed by atoms with van der Waals surface area (Å²) in [6, 6.07) is 0.635. The van der Waals surface area contributed by atoms with Gasteiger partial charge in [-0.1, -0.05) is 0 Å². The molecule has 0 unspecified atom stereocenters. The minimum Gasteiger partial charge on any atom is -0.466 e. The lowest BCUT2D eigenvalue weighted by Crippen LogP contribution is -2.25. The molecule has 0 bridgehead atoms. The molecule has 1 heterocycles. The number of H-pyrrole nitrogens is 1. The van der Waals surface area contributed by atoms with E-state index in [1.54, 1.807) is 0 Å². The molecule has 0 aliphatic heterocycles. The fourth-order valence-corrected chi connectivity index (χ4v) is 1.44. The lowest BCUT2D eigenvalue weighted by molar-refractivity contribution is -0.275. The number of esters is 1. The van der Waals surface area contributed by atoms with Gasteiger partial charge in [0.25, 0.3) is 0 Å². The Morgan fingerprint density at radius 1 is 1.40 bits per heavy atom. The maximum atomic E-state index is 12.5. The second-order valence-corrected chi connectivity index (χ2v) is 3.63. The van der Waals surface area contributed by atoms with Crippen LogP contribution in [0.2, 0.25) is 0 Å². The first kappa shape index (κ1) is 16.0. The molecule has 1 N–H and O–H groups in total. The second kappa shape index (κ2) is 6.40. The maximum Gasteiger partial charge on any atom is 0.573 e. The van der Waals surface area contributed by atoms with Gasteiger partial charge in [0.05, 0.1) is 24.4 Å². The quantitative estimate of drug-likeness (QED) is 0.665. The zero-order chi connectivity index (χ0) is 15.3. The molecular formula is C11H11F4NO4. The third kappa shape index (κ3) is 4.56. The lowest BCUT2D eigenvalue weighted by atomic mass is 10.2. The number of alkyl halides is 4. The molecule has 9 heteroatoms. The van der Waals surface area contributed by atoms with Crippen LogP contribution in [-0.2, 0) is 22.6 Å². The monoisotopic (exact) mass is 297 g/mol. The van der Waals surface area contributed by atoms with Crippen LogP contribution in [0.15, 0.2) is 10.9 Å². The third-order valence-corrected chi connectivity index (χ3v) is 2.10. The second-order valence-electron chi connectivity index (χ2n) is 3.63. The van der Waals surface area contributed by atoms with Crippen LogP contribution in [0.5, 0.6) is 5.75 Å². The highest BCUT2D eigenvalue weighted by Crippen LogP contribution is 2.23. The van der Waals surface area contributed by atoms with Crippen molar-refractivity contribution in [3.8, 4) is 5.75 Å². The number of hydrogen-bond donors (Lipinski definition) is 1. The van der Waals surface area contributed by atoms with E-state index < -0.39 is 42.3 Å². The highest BCUT2D eigenvalue weighted by Gasteiger charge is 2.34. The van der Waals surface area contributed by atoms with Gasteiger partial charge in [0.2, 0.25) is 5.43 Å². The van der Waals surface area contributed by atoms with E-state index in [4.69, 9.17) is 0 Å². The van der Waals surface area contributed by atoms with Crippen LogP contribution in [0, 0.1) is 0 Å². The molecule has 1 aromatic rings. The van der Waals surface area contributed by atoms with E-state index in [1.807, 2.05) is 0 Å². The predicted molar refractivity (Wildman–Crippen MR) is 58.9 cm³/mol. The Morgan fingerprint density at radius 3 is 2.55 bits per heavy atom. The Hall–Kier alpha value is -2.06. The molecule has 0 amide bonds. The summed E-state index contributed by atoms with van der Waals surface area (Å²) in [4.78, 5) is 25.0. The van der Waals surface area contributed by atoms with Crippen LogP contribution in [0.4, 0.5) is 17.6 Å². The Balaban J connectivity index is 3.19. The van der Waals surface area contributed by atoms with Crippen LogP contribution >= 0.6 is 0 Å². The summed E-state index contributed by atoms with van der Waals surface area (Å²) in [5, 5.41) is 0. The average molecular weight is 297 g/mol. The molecule has 0 saturated carbocycles. The van der Waals surface area contributed by atoms with Crippen LogP contribution in [0.1, 0.15) is 18.3 Å². The van der Waals surface area contributed by atoms with Crippen LogP contribution in [0.3, 0.4) is 0 Å². The molecular weight excluding hydrogens is 286 g/mol. The van der Waals surface area contributed by atoms with Crippen molar-refractivity contribution in [1.29, 1.82) is 0 Å². The number of hydrogen-bond acceptors (Lipinski definition) is 4. The number of aromatic nitrogens is 1. The maximum absolute atomic E-state index is 12.5. The van der Waals surface area contributed by atoms with Crippen LogP contribution < -0.4 is 10.2 Å².